The van der Waals surface area contributed by atoms with Gasteiger partial charge in [-0.05, 0) is 31.9 Å². The number of ether oxygens (including phenoxy) is 1. The second kappa shape index (κ2) is 9.67. The van der Waals surface area contributed by atoms with Gasteiger partial charge in [-0.3, -0.25) is 9.89 Å². The summed E-state index contributed by atoms with van der Waals surface area (Å²) in [6, 6.07) is 4.66. The number of nitrogens with zero attached hydrogens (tertiary/aromatic N) is 3. The lowest BCUT2D eigenvalue weighted by molar-refractivity contribution is 0.0195. The third kappa shape index (κ3) is 4.76. The van der Waals surface area contributed by atoms with Crippen molar-refractivity contribution in [3.05, 3.63) is 35.4 Å². The molecule has 4 rings (SSSR count). The third-order valence-corrected chi connectivity index (χ3v) is 5.81. The Kier molecular flexibility index (Phi) is 7.49. The van der Waals surface area contributed by atoms with Crippen LogP contribution in [-0.4, -0.2) is 73.8 Å². The average molecular weight is 506 g/mol. The average Bonchev–Trinajstić information content (AvgIpc) is 3.23. The van der Waals surface area contributed by atoms with E-state index < -0.39 is 11.6 Å². The minimum atomic E-state index is -0.452. The van der Waals surface area contributed by atoms with Crippen LogP contribution < -0.4 is 5.32 Å². The fraction of sp³-hybridized carbons (Fsp3) is 0.650. The molecule has 1 aromatic carbocycles. The molecule has 0 spiro atoms. The van der Waals surface area contributed by atoms with E-state index in [4.69, 9.17) is 4.74 Å². The number of rotatable bonds is 4. The van der Waals surface area contributed by atoms with Crippen molar-refractivity contribution >= 4 is 29.9 Å². The maximum absolute atomic E-state index is 14.0. The molecule has 1 aliphatic carbocycles. The number of morpholine rings is 1. The minimum Gasteiger partial charge on any atom is -0.379 e. The van der Waals surface area contributed by atoms with Crippen molar-refractivity contribution in [3.63, 3.8) is 0 Å². The highest BCUT2D eigenvalue weighted by atomic mass is 127. The lowest BCUT2D eigenvalue weighted by Crippen LogP contribution is -2.47. The van der Waals surface area contributed by atoms with E-state index >= 15 is 0 Å². The molecule has 5 nitrogen and oxygen atoms in total. The molecule has 156 valence electrons. The van der Waals surface area contributed by atoms with Gasteiger partial charge in [0.2, 0.25) is 0 Å². The zero-order chi connectivity index (χ0) is 18.8. The molecule has 2 aliphatic heterocycles. The van der Waals surface area contributed by atoms with Gasteiger partial charge in [-0.25, -0.2) is 8.78 Å². The molecule has 0 amide bonds. The Balaban J connectivity index is 0.00000225. The largest absolute Gasteiger partial charge is 0.379 e. The summed E-state index contributed by atoms with van der Waals surface area (Å²) < 4.78 is 33.5. The highest BCUT2D eigenvalue weighted by Gasteiger charge is 2.43. The fourth-order valence-corrected chi connectivity index (χ4v) is 4.27. The number of hydrogen-bond acceptors (Lipinski definition) is 3. The van der Waals surface area contributed by atoms with Gasteiger partial charge in [-0.15, -0.1) is 24.0 Å². The number of nitrogens with one attached hydrogen (secondary N) is 1. The van der Waals surface area contributed by atoms with Gasteiger partial charge in [0.1, 0.15) is 11.6 Å². The molecule has 0 radical (unpaired) electrons. The number of guanidine groups is 1. The standard InChI is InChI=1S/C20H28F2N4O.HI/c1-2-23-20(26-7-6-14(13-26)25-8-10-27-11-9-25)24-18-12-15(18)19-16(21)4-3-5-17(19)22;/h3-5,14-15,18H,2,6-13H2,1H3,(H,23,24);1H. The van der Waals surface area contributed by atoms with E-state index in [-0.39, 0.29) is 41.5 Å². The van der Waals surface area contributed by atoms with E-state index in [1.54, 1.807) is 0 Å². The lowest BCUT2D eigenvalue weighted by Gasteiger charge is -2.32. The molecule has 0 aromatic heterocycles. The van der Waals surface area contributed by atoms with Crippen molar-refractivity contribution in [2.75, 3.05) is 45.9 Å². The summed E-state index contributed by atoms with van der Waals surface area (Å²) in [7, 11) is 0. The molecular formula is C20H29F2IN4O. The Hall–Kier alpha value is -1.00. The van der Waals surface area contributed by atoms with Crippen molar-refractivity contribution in [1.82, 2.24) is 15.1 Å². The second-order valence-corrected chi connectivity index (χ2v) is 7.56. The van der Waals surface area contributed by atoms with Crippen LogP contribution in [0.3, 0.4) is 0 Å². The van der Waals surface area contributed by atoms with Crippen LogP contribution in [-0.2, 0) is 4.74 Å². The molecule has 2 heterocycles. The normalized spacial score (nSPS) is 28.2. The molecule has 3 fully saturated rings. The van der Waals surface area contributed by atoms with Crippen molar-refractivity contribution < 1.29 is 13.5 Å². The third-order valence-electron chi connectivity index (χ3n) is 5.81. The van der Waals surface area contributed by atoms with Crippen LogP contribution in [0.1, 0.15) is 31.2 Å². The quantitative estimate of drug-likeness (QED) is 0.388. The smallest absolute Gasteiger partial charge is 0.194 e. The number of benzene rings is 1. The molecule has 2 saturated heterocycles. The SMILES string of the molecule is CCN=C(NC1CC1c1c(F)cccc1F)N1CCC(N2CCOCC2)C1.I. The maximum atomic E-state index is 14.0. The molecule has 8 heteroatoms. The predicted molar refractivity (Wildman–Crippen MR) is 116 cm³/mol. The van der Waals surface area contributed by atoms with Crippen molar-refractivity contribution in [2.24, 2.45) is 4.99 Å². The van der Waals surface area contributed by atoms with Crippen LogP contribution in [0.4, 0.5) is 8.78 Å². The summed E-state index contributed by atoms with van der Waals surface area (Å²) in [5.41, 5.74) is 0.207. The molecule has 0 bridgehead atoms. The van der Waals surface area contributed by atoms with E-state index in [9.17, 15) is 8.78 Å². The van der Waals surface area contributed by atoms with Crippen LogP contribution >= 0.6 is 24.0 Å². The Morgan fingerprint density at radius 1 is 1.21 bits per heavy atom. The van der Waals surface area contributed by atoms with Crippen molar-refractivity contribution in [2.45, 2.75) is 37.8 Å². The molecule has 1 aromatic rings. The first-order valence-corrected chi connectivity index (χ1v) is 9.99. The Morgan fingerprint density at radius 2 is 1.93 bits per heavy atom. The zero-order valence-electron chi connectivity index (χ0n) is 16.2. The van der Waals surface area contributed by atoms with Gasteiger partial charge < -0.3 is 15.0 Å². The van der Waals surface area contributed by atoms with Gasteiger partial charge in [0, 0.05) is 56.3 Å². The van der Waals surface area contributed by atoms with E-state index in [1.165, 1.54) is 18.2 Å². The van der Waals surface area contributed by atoms with Crippen LogP contribution in [0.2, 0.25) is 0 Å². The molecule has 28 heavy (non-hydrogen) atoms. The maximum Gasteiger partial charge on any atom is 0.194 e. The Labute approximate surface area is 182 Å². The van der Waals surface area contributed by atoms with E-state index in [0.29, 0.717) is 12.6 Å². The number of hydrogen-bond donors (Lipinski definition) is 1. The summed E-state index contributed by atoms with van der Waals surface area (Å²) in [5.74, 6) is -0.151. The summed E-state index contributed by atoms with van der Waals surface area (Å²) in [5, 5.41) is 3.46. The molecule has 3 atom stereocenters. The molecule has 3 aliphatic rings. The first-order chi connectivity index (χ1) is 13.2. The minimum absolute atomic E-state index is 0. The first-order valence-electron chi connectivity index (χ1n) is 9.99. The lowest BCUT2D eigenvalue weighted by atomic mass is 10.1. The number of likely N-dealkylation sites (tertiary alicyclic amines) is 1. The highest BCUT2D eigenvalue weighted by molar-refractivity contribution is 14.0. The summed E-state index contributed by atoms with van der Waals surface area (Å²) >= 11 is 0. The Morgan fingerprint density at radius 3 is 2.61 bits per heavy atom. The van der Waals surface area contributed by atoms with Gasteiger partial charge >= 0.3 is 0 Å². The Bertz CT molecular complexity index is 679. The predicted octanol–water partition coefficient (Wildman–Crippen LogP) is 2.81. The van der Waals surface area contributed by atoms with Crippen molar-refractivity contribution in [1.29, 1.82) is 0 Å². The zero-order valence-corrected chi connectivity index (χ0v) is 18.6. The van der Waals surface area contributed by atoms with Crippen LogP contribution in [0.25, 0.3) is 0 Å². The van der Waals surface area contributed by atoms with Crippen molar-refractivity contribution in [3.8, 4) is 0 Å². The van der Waals surface area contributed by atoms with Crippen LogP contribution in [0.5, 0.6) is 0 Å². The van der Waals surface area contributed by atoms with Crippen LogP contribution in [0.15, 0.2) is 23.2 Å². The number of aliphatic imine (C=N–C) groups is 1. The topological polar surface area (TPSA) is 40.1 Å². The van der Waals surface area contributed by atoms with Crippen LogP contribution in [0, 0.1) is 11.6 Å². The van der Waals surface area contributed by atoms with E-state index in [0.717, 1.165) is 58.2 Å². The molecule has 1 N–H and O–H groups in total. The van der Waals surface area contributed by atoms with Gasteiger partial charge in [0.05, 0.1) is 13.2 Å². The summed E-state index contributed by atoms with van der Waals surface area (Å²) in [6.45, 7) is 8.19. The van der Waals surface area contributed by atoms with Gasteiger partial charge in [-0.1, -0.05) is 6.07 Å². The van der Waals surface area contributed by atoms with Gasteiger partial charge in [0.25, 0.3) is 0 Å². The van der Waals surface area contributed by atoms with Gasteiger partial charge in [0.15, 0.2) is 5.96 Å². The molecule has 3 unspecified atom stereocenters. The number of halogens is 3. The van der Waals surface area contributed by atoms with E-state index in [1.807, 2.05) is 6.92 Å². The second-order valence-electron chi connectivity index (χ2n) is 7.56. The molecular weight excluding hydrogens is 477 g/mol. The monoisotopic (exact) mass is 506 g/mol. The first kappa shape index (κ1) is 21.7. The van der Waals surface area contributed by atoms with E-state index in [2.05, 4.69) is 20.1 Å². The van der Waals surface area contributed by atoms with Gasteiger partial charge in [-0.2, -0.15) is 0 Å². The fourth-order valence-electron chi connectivity index (χ4n) is 4.27. The molecule has 1 saturated carbocycles. The highest BCUT2D eigenvalue weighted by Crippen LogP contribution is 2.43. The summed E-state index contributed by atoms with van der Waals surface area (Å²) in [4.78, 5) is 9.43. The summed E-state index contributed by atoms with van der Waals surface area (Å²) in [6.07, 6.45) is 1.85.